The van der Waals surface area contributed by atoms with E-state index in [-0.39, 0.29) is 39.9 Å². The van der Waals surface area contributed by atoms with Crippen molar-refractivity contribution in [3.05, 3.63) is 76.8 Å². The van der Waals surface area contributed by atoms with Gasteiger partial charge in [-0.05, 0) is 29.2 Å². The number of alkyl halides is 1. The third-order valence-electron chi connectivity index (χ3n) is 9.83. The van der Waals surface area contributed by atoms with E-state index >= 15 is 0 Å². The van der Waals surface area contributed by atoms with Gasteiger partial charge in [-0.15, -0.1) is 11.8 Å². The number of hydrogen-bond donors (Lipinski definition) is 4. The second-order valence-corrected chi connectivity index (χ2v) is 15.4. The predicted octanol–water partition coefficient (Wildman–Crippen LogP) is 2.42. The van der Waals surface area contributed by atoms with Crippen LogP contribution in [0.5, 0.6) is 0 Å². The topological polar surface area (TPSA) is 239 Å². The van der Waals surface area contributed by atoms with Gasteiger partial charge < -0.3 is 40.3 Å². The van der Waals surface area contributed by atoms with Crippen LogP contribution < -0.4 is 16.4 Å². The van der Waals surface area contributed by atoms with Crippen LogP contribution in [0.1, 0.15) is 36.7 Å². The second-order valence-electron chi connectivity index (χ2n) is 13.5. The number of guanidine groups is 1. The molecular weight excluding hydrogens is 810 g/mol. The summed E-state index contributed by atoms with van der Waals surface area (Å²) in [4.78, 5) is 65.5. The first-order valence-corrected chi connectivity index (χ1v) is 20.2. The van der Waals surface area contributed by atoms with Gasteiger partial charge in [0.25, 0.3) is 18.7 Å². The van der Waals surface area contributed by atoms with Gasteiger partial charge in [-0.25, -0.2) is 19.0 Å². The van der Waals surface area contributed by atoms with Crippen LogP contribution in [0, 0.1) is 5.41 Å². The van der Waals surface area contributed by atoms with Crippen LogP contribution in [-0.4, -0.2) is 136 Å². The number of β-lactam (4-membered cyclic amide) rings is 1. The summed E-state index contributed by atoms with van der Waals surface area (Å²) in [5, 5.41) is 22.8. The molecule has 0 spiro atoms. The Hall–Kier alpha value is -6.13. The van der Waals surface area contributed by atoms with Crippen molar-refractivity contribution in [2.75, 3.05) is 51.6 Å². The second kappa shape index (κ2) is 17.8. The van der Waals surface area contributed by atoms with Crippen LogP contribution in [0.3, 0.4) is 0 Å². The standard InChI is InChI=1S/C37H40FN11O8S2/c1-19(26-24-10-6-4-8-22(24)23-9-5-7-11-25(23)26)55-37(53)57-20(2)56-34(52)29-21(16-42-47(3)36(40)48-14-12-41-13-15-48)17-58-33-28(32(51)49(29)33)43-31(50)27(45-54-18-38)30-44-35(39)59-46-30/h4-11,16,19-20,26,28,33,40-41H,12-15,17-18H2,1-3H3,(H,43,50)(H2,39,44,46)/b40-36?,42-16+,45-27-. The highest BCUT2D eigenvalue weighted by molar-refractivity contribution is 8.00. The number of carbonyl (C=O) groups excluding carboxylic acids is 4. The molecule has 2 amide bonds. The molecule has 7 rings (SSSR count). The lowest BCUT2D eigenvalue weighted by molar-refractivity contribution is -0.169. The zero-order valence-corrected chi connectivity index (χ0v) is 33.6. The Morgan fingerprint density at radius 1 is 1.10 bits per heavy atom. The van der Waals surface area contributed by atoms with Crippen molar-refractivity contribution in [2.45, 2.75) is 43.6 Å². The molecule has 1 aliphatic carbocycles. The third-order valence-corrected chi connectivity index (χ3v) is 11.7. The normalized spacial score (nSPS) is 19.9. The van der Waals surface area contributed by atoms with E-state index in [0.717, 1.165) is 38.7 Å². The Labute approximate surface area is 345 Å². The van der Waals surface area contributed by atoms with Crippen molar-refractivity contribution in [2.24, 2.45) is 10.3 Å². The maximum atomic E-state index is 14.0. The number of halogens is 1. The van der Waals surface area contributed by atoms with Crippen LogP contribution in [-0.2, 0) is 33.4 Å². The highest BCUT2D eigenvalue weighted by Gasteiger charge is 2.55. The molecule has 3 aromatic rings. The maximum absolute atomic E-state index is 14.0. The summed E-state index contributed by atoms with van der Waals surface area (Å²) >= 11 is 1.98. The van der Waals surface area contributed by atoms with Gasteiger partial charge in [0.15, 0.2) is 5.13 Å². The number of aromatic nitrogens is 2. The molecule has 22 heteroatoms. The number of amides is 2. The van der Waals surface area contributed by atoms with E-state index in [2.05, 4.69) is 35.1 Å². The number of hydrogen-bond acceptors (Lipinski definition) is 17. The molecule has 0 saturated carbocycles. The number of nitrogens with zero attached hydrogens (tertiary/aromatic N) is 7. The summed E-state index contributed by atoms with van der Waals surface area (Å²) in [6.07, 6.45) is -1.84. The Morgan fingerprint density at radius 2 is 1.78 bits per heavy atom. The van der Waals surface area contributed by atoms with E-state index in [1.165, 1.54) is 29.9 Å². The molecule has 310 valence electrons. The molecule has 19 nitrogen and oxygen atoms in total. The Morgan fingerprint density at radius 3 is 2.42 bits per heavy atom. The van der Waals surface area contributed by atoms with E-state index in [1.54, 1.807) is 14.0 Å². The number of piperazine rings is 1. The van der Waals surface area contributed by atoms with Gasteiger partial charge in [0.1, 0.15) is 23.2 Å². The summed E-state index contributed by atoms with van der Waals surface area (Å²) in [6, 6.07) is 14.6. The van der Waals surface area contributed by atoms with Gasteiger partial charge in [0.05, 0.1) is 6.21 Å². The van der Waals surface area contributed by atoms with Crippen molar-refractivity contribution in [1.82, 2.24) is 34.8 Å². The molecule has 0 radical (unpaired) electrons. The molecule has 1 aromatic heterocycles. The number of oxime groups is 1. The summed E-state index contributed by atoms with van der Waals surface area (Å²) in [6.45, 7) is 4.35. The van der Waals surface area contributed by atoms with E-state index in [0.29, 0.717) is 26.2 Å². The average Bonchev–Trinajstić information content (AvgIpc) is 3.82. The lowest BCUT2D eigenvalue weighted by atomic mass is 9.92. The fourth-order valence-electron chi connectivity index (χ4n) is 7.15. The number of esters is 1. The Bertz CT molecular complexity index is 2190. The highest BCUT2D eigenvalue weighted by Crippen LogP contribution is 2.47. The molecule has 4 atom stereocenters. The number of nitrogens with one attached hydrogen (secondary N) is 3. The number of carbonyl (C=O) groups is 4. The minimum Gasteiger partial charge on any atom is -0.430 e. The quantitative estimate of drug-likeness (QED) is 0.0511. The van der Waals surface area contributed by atoms with Crippen molar-refractivity contribution in [3.8, 4) is 11.1 Å². The summed E-state index contributed by atoms with van der Waals surface area (Å²) < 4.78 is 33.5. The van der Waals surface area contributed by atoms with Gasteiger partial charge in [-0.1, -0.05) is 53.7 Å². The summed E-state index contributed by atoms with van der Waals surface area (Å²) in [5.41, 5.74) is 9.28. The fraction of sp³-hybridized carbons (Fsp3) is 0.378. The van der Waals surface area contributed by atoms with Crippen LogP contribution in [0.15, 0.2) is 70.1 Å². The SMILES string of the molecule is CC(OC(=O)OC(C)C1c2ccccc2-c2ccccc21)OC(=O)C1=C(/C=N/N(C)C(=N)N2CCNCC2)CSC2C(NC(=O)/C(=N\OCF)c3nsc(N)n3)C(=O)N12. The number of ether oxygens (including phenoxy) is 3. The number of thioether (sulfide) groups is 1. The fourth-order valence-corrected chi connectivity index (χ4v) is 8.88. The van der Waals surface area contributed by atoms with Crippen LogP contribution in [0.2, 0.25) is 0 Å². The van der Waals surface area contributed by atoms with Gasteiger partial charge in [0.2, 0.25) is 23.8 Å². The molecule has 59 heavy (non-hydrogen) atoms. The number of anilines is 1. The predicted molar refractivity (Wildman–Crippen MR) is 215 cm³/mol. The van der Waals surface area contributed by atoms with Crippen molar-refractivity contribution < 1.29 is 42.6 Å². The van der Waals surface area contributed by atoms with Crippen molar-refractivity contribution >= 4 is 70.3 Å². The zero-order valence-electron chi connectivity index (χ0n) is 32.0. The first-order valence-electron chi connectivity index (χ1n) is 18.4. The number of nitrogens with two attached hydrogens (primary N) is 1. The first-order chi connectivity index (χ1) is 28.5. The minimum atomic E-state index is -1.47. The molecule has 2 saturated heterocycles. The molecule has 0 bridgehead atoms. The largest absolute Gasteiger partial charge is 0.511 e. The van der Waals surface area contributed by atoms with Gasteiger partial charge >= 0.3 is 12.1 Å². The minimum absolute atomic E-state index is 0.0111. The Kier molecular flexibility index (Phi) is 12.4. The number of hydrazone groups is 1. The highest BCUT2D eigenvalue weighted by atomic mass is 32.2. The van der Waals surface area contributed by atoms with E-state index in [1.807, 2.05) is 53.4 Å². The van der Waals surface area contributed by atoms with E-state index < -0.39 is 60.3 Å². The Balaban J connectivity index is 1.06. The molecule has 5 N–H and O–H groups in total. The smallest absolute Gasteiger partial charge is 0.430 e. The maximum Gasteiger partial charge on any atom is 0.511 e. The van der Waals surface area contributed by atoms with Crippen LogP contribution in [0.4, 0.5) is 14.3 Å². The monoisotopic (exact) mass is 849 g/mol. The molecule has 4 unspecified atom stereocenters. The molecule has 4 aliphatic rings. The molecule has 2 aromatic carbocycles. The number of rotatable bonds is 12. The van der Waals surface area contributed by atoms with Crippen molar-refractivity contribution in [1.29, 1.82) is 5.41 Å². The first kappa shape index (κ1) is 41.0. The number of benzene rings is 2. The van der Waals surface area contributed by atoms with Gasteiger partial charge in [0, 0.05) is 68.9 Å². The lowest BCUT2D eigenvalue weighted by Crippen LogP contribution is -2.71. The van der Waals surface area contributed by atoms with Crippen LogP contribution in [0.25, 0.3) is 11.1 Å². The third kappa shape index (κ3) is 8.54. The molecule has 4 heterocycles. The number of nitrogen functional groups attached to an aromatic ring is 1. The van der Waals surface area contributed by atoms with Crippen LogP contribution >= 0.6 is 23.3 Å². The summed E-state index contributed by atoms with van der Waals surface area (Å²) in [7, 11) is 1.58. The zero-order chi connectivity index (χ0) is 41.8. The van der Waals surface area contributed by atoms with E-state index in [4.69, 9.17) is 25.4 Å². The van der Waals surface area contributed by atoms with Gasteiger partial charge in [-0.2, -0.15) is 14.5 Å². The molecule has 2 fully saturated rings. The van der Waals surface area contributed by atoms with E-state index in [9.17, 15) is 23.6 Å². The molecule has 3 aliphatic heterocycles. The lowest BCUT2D eigenvalue weighted by Gasteiger charge is -2.49. The van der Waals surface area contributed by atoms with Gasteiger partial charge in [-0.3, -0.25) is 19.9 Å². The average molecular weight is 850 g/mol. The summed E-state index contributed by atoms with van der Waals surface area (Å²) in [5.74, 6) is -2.95. The molecular formula is C37H40FN11O8S2. The van der Waals surface area contributed by atoms with Crippen molar-refractivity contribution in [3.63, 3.8) is 0 Å². The number of fused-ring (bicyclic) bond motifs is 4.